The van der Waals surface area contributed by atoms with Crippen molar-refractivity contribution in [3.05, 3.63) is 69.8 Å². The summed E-state index contributed by atoms with van der Waals surface area (Å²) >= 11 is 3.40. The Hall–Kier alpha value is -2.60. The lowest BCUT2D eigenvalue weighted by Gasteiger charge is -2.19. The number of nitrogens with zero attached hydrogens (tertiary/aromatic N) is 2. The first-order valence-electron chi connectivity index (χ1n) is 8.24. The maximum absolute atomic E-state index is 11.9. The highest BCUT2D eigenvalue weighted by Gasteiger charge is 2.25. The lowest BCUT2D eigenvalue weighted by Crippen LogP contribution is -2.32. The highest BCUT2D eigenvalue weighted by Crippen LogP contribution is 2.34. The van der Waals surface area contributed by atoms with Gasteiger partial charge in [0, 0.05) is 16.6 Å². The molecule has 2 aromatic carbocycles. The van der Waals surface area contributed by atoms with Gasteiger partial charge in [0.15, 0.2) is 5.76 Å². The molecule has 0 spiro atoms. The molecule has 1 N–H and O–H groups in total. The van der Waals surface area contributed by atoms with Gasteiger partial charge in [-0.05, 0) is 50.1 Å². The van der Waals surface area contributed by atoms with Crippen LogP contribution in [0.2, 0.25) is 0 Å². The Morgan fingerprint density at radius 1 is 1.12 bits per heavy atom. The highest BCUT2D eigenvalue weighted by atomic mass is 79.9. The second-order valence-corrected chi connectivity index (χ2v) is 7.04. The van der Waals surface area contributed by atoms with E-state index in [2.05, 4.69) is 21.1 Å². The molecule has 134 valence electrons. The highest BCUT2D eigenvalue weighted by molar-refractivity contribution is 9.10. The Morgan fingerprint density at radius 2 is 1.77 bits per heavy atom. The maximum Gasteiger partial charge on any atom is 0.412 e. The van der Waals surface area contributed by atoms with Crippen LogP contribution in [0.3, 0.4) is 0 Å². The SMILES string of the molecule is Cc1ccc(CCN(C(=O)O)c2c(C)noc2-c2ccc(Br)cc2)cc1. The average molecular weight is 415 g/mol. The molecule has 1 amide bonds. The fourth-order valence-corrected chi connectivity index (χ4v) is 3.04. The third-order valence-electron chi connectivity index (χ3n) is 4.18. The van der Waals surface area contributed by atoms with Gasteiger partial charge in [-0.3, -0.25) is 4.90 Å². The van der Waals surface area contributed by atoms with Crippen LogP contribution in [-0.4, -0.2) is 22.9 Å². The minimum Gasteiger partial charge on any atom is -0.465 e. The van der Waals surface area contributed by atoms with Crippen molar-refractivity contribution in [2.75, 3.05) is 11.4 Å². The monoisotopic (exact) mass is 414 g/mol. The van der Waals surface area contributed by atoms with Gasteiger partial charge in [0.2, 0.25) is 0 Å². The summed E-state index contributed by atoms with van der Waals surface area (Å²) in [5.41, 5.74) is 4.09. The molecule has 0 fully saturated rings. The molecule has 26 heavy (non-hydrogen) atoms. The normalized spacial score (nSPS) is 10.7. The van der Waals surface area contributed by atoms with Crippen molar-refractivity contribution < 1.29 is 14.4 Å². The van der Waals surface area contributed by atoms with Gasteiger partial charge >= 0.3 is 6.09 Å². The Kier molecular flexibility index (Phi) is 5.42. The molecule has 0 aliphatic carbocycles. The van der Waals surface area contributed by atoms with Crippen LogP contribution in [-0.2, 0) is 6.42 Å². The first kappa shape index (κ1) is 18.2. The predicted molar refractivity (Wildman–Crippen MR) is 105 cm³/mol. The third-order valence-corrected chi connectivity index (χ3v) is 4.71. The fraction of sp³-hybridized carbons (Fsp3) is 0.200. The first-order chi connectivity index (χ1) is 12.5. The number of aromatic nitrogens is 1. The minimum atomic E-state index is -1.03. The molecule has 0 bridgehead atoms. The summed E-state index contributed by atoms with van der Waals surface area (Å²) < 4.78 is 6.39. The molecule has 0 aliphatic heterocycles. The second kappa shape index (κ2) is 7.74. The molecule has 0 unspecified atom stereocenters. The van der Waals surface area contributed by atoms with Crippen LogP contribution in [0.1, 0.15) is 16.8 Å². The van der Waals surface area contributed by atoms with Crippen molar-refractivity contribution in [1.29, 1.82) is 0 Å². The number of halogens is 1. The number of carboxylic acid groups (broad SMARTS) is 1. The van der Waals surface area contributed by atoms with E-state index >= 15 is 0 Å². The molecule has 0 radical (unpaired) electrons. The van der Waals surface area contributed by atoms with Gasteiger partial charge in [-0.1, -0.05) is 50.9 Å². The molecule has 0 aliphatic rings. The summed E-state index contributed by atoms with van der Waals surface area (Å²) in [6.07, 6.45) is -0.418. The Bertz CT molecular complexity index is 902. The van der Waals surface area contributed by atoms with E-state index in [1.807, 2.05) is 55.5 Å². The van der Waals surface area contributed by atoms with E-state index in [-0.39, 0.29) is 0 Å². The van der Waals surface area contributed by atoms with Gasteiger partial charge in [0.1, 0.15) is 11.4 Å². The van der Waals surface area contributed by atoms with E-state index in [0.717, 1.165) is 15.6 Å². The quantitative estimate of drug-likeness (QED) is 0.602. The lowest BCUT2D eigenvalue weighted by molar-refractivity contribution is 0.202. The zero-order chi connectivity index (χ0) is 18.7. The molecule has 3 aromatic rings. The van der Waals surface area contributed by atoms with E-state index in [9.17, 15) is 9.90 Å². The van der Waals surface area contributed by atoms with Crippen LogP contribution in [0.5, 0.6) is 0 Å². The summed E-state index contributed by atoms with van der Waals surface area (Å²) in [7, 11) is 0. The number of hydrogen-bond donors (Lipinski definition) is 1. The van der Waals surface area contributed by atoms with Gasteiger partial charge in [-0.25, -0.2) is 4.79 Å². The summed E-state index contributed by atoms with van der Waals surface area (Å²) in [5, 5.41) is 13.7. The van der Waals surface area contributed by atoms with Crippen LogP contribution in [0, 0.1) is 13.8 Å². The molecule has 0 saturated heterocycles. The zero-order valence-corrected chi connectivity index (χ0v) is 16.2. The van der Waals surface area contributed by atoms with E-state index < -0.39 is 6.09 Å². The molecule has 3 rings (SSSR count). The molecular weight excluding hydrogens is 396 g/mol. The standard InChI is InChI=1S/C20H19BrN2O3/c1-13-3-5-15(6-4-13)11-12-23(20(24)25)18-14(2)22-26-19(18)16-7-9-17(21)10-8-16/h3-10H,11-12H2,1-2H3,(H,24,25). The zero-order valence-electron chi connectivity index (χ0n) is 14.6. The van der Waals surface area contributed by atoms with Crippen molar-refractivity contribution in [3.8, 4) is 11.3 Å². The third kappa shape index (κ3) is 3.96. The Morgan fingerprint density at radius 3 is 2.38 bits per heavy atom. The van der Waals surface area contributed by atoms with Crippen LogP contribution in [0.15, 0.2) is 57.5 Å². The largest absolute Gasteiger partial charge is 0.465 e. The predicted octanol–water partition coefficient (Wildman–Crippen LogP) is 5.45. The Labute approximate surface area is 160 Å². The number of hydrogen-bond acceptors (Lipinski definition) is 3. The van der Waals surface area contributed by atoms with Crippen molar-refractivity contribution >= 4 is 27.7 Å². The van der Waals surface area contributed by atoms with Gasteiger partial charge in [-0.2, -0.15) is 0 Å². The smallest absolute Gasteiger partial charge is 0.412 e. The van der Waals surface area contributed by atoms with E-state index in [4.69, 9.17) is 4.52 Å². The number of anilines is 1. The summed E-state index contributed by atoms with van der Waals surface area (Å²) in [6.45, 7) is 4.10. The van der Waals surface area contributed by atoms with Crippen molar-refractivity contribution in [2.45, 2.75) is 20.3 Å². The maximum atomic E-state index is 11.9. The van der Waals surface area contributed by atoms with Crippen LogP contribution in [0.25, 0.3) is 11.3 Å². The second-order valence-electron chi connectivity index (χ2n) is 6.12. The number of amides is 1. The molecule has 0 saturated carbocycles. The molecule has 6 heteroatoms. The van der Waals surface area contributed by atoms with Crippen molar-refractivity contribution in [3.63, 3.8) is 0 Å². The molecular formula is C20H19BrN2O3. The molecule has 0 atom stereocenters. The molecule has 1 heterocycles. The van der Waals surface area contributed by atoms with Gasteiger partial charge < -0.3 is 9.63 Å². The van der Waals surface area contributed by atoms with Gasteiger partial charge in [-0.15, -0.1) is 0 Å². The summed E-state index contributed by atoms with van der Waals surface area (Å²) in [4.78, 5) is 13.2. The number of benzene rings is 2. The first-order valence-corrected chi connectivity index (χ1v) is 9.03. The number of aryl methyl sites for hydroxylation is 2. The van der Waals surface area contributed by atoms with E-state index in [1.54, 1.807) is 6.92 Å². The van der Waals surface area contributed by atoms with Crippen molar-refractivity contribution in [2.24, 2.45) is 0 Å². The van der Waals surface area contributed by atoms with Crippen molar-refractivity contribution in [1.82, 2.24) is 5.16 Å². The minimum absolute atomic E-state index is 0.323. The van der Waals surface area contributed by atoms with Crippen LogP contribution in [0.4, 0.5) is 10.5 Å². The van der Waals surface area contributed by atoms with E-state index in [1.165, 1.54) is 10.5 Å². The van der Waals surface area contributed by atoms with Gasteiger partial charge in [0.25, 0.3) is 0 Å². The summed E-state index contributed by atoms with van der Waals surface area (Å²) in [6, 6.07) is 15.6. The van der Waals surface area contributed by atoms with Crippen LogP contribution < -0.4 is 4.90 Å². The molecule has 1 aromatic heterocycles. The Balaban J connectivity index is 1.90. The van der Waals surface area contributed by atoms with E-state index in [0.29, 0.717) is 30.1 Å². The number of carbonyl (C=O) groups is 1. The van der Waals surface area contributed by atoms with Crippen LogP contribution >= 0.6 is 15.9 Å². The average Bonchev–Trinajstić information content (AvgIpc) is 2.99. The topological polar surface area (TPSA) is 66.6 Å². The number of rotatable bonds is 5. The fourth-order valence-electron chi connectivity index (χ4n) is 2.77. The van der Waals surface area contributed by atoms with Gasteiger partial charge in [0.05, 0.1) is 0 Å². The summed E-state index contributed by atoms with van der Waals surface area (Å²) in [5.74, 6) is 0.460. The lowest BCUT2D eigenvalue weighted by atomic mass is 10.1. The molecule has 5 nitrogen and oxygen atoms in total.